The van der Waals surface area contributed by atoms with Crippen molar-refractivity contribution in [2.75, 3.05) is 6.67 Å². The molecular formula is C10H16FNO. The van der Waals surface area contributed by atoms with Crippen molar-refractivity contribution in [3.63, 3.8) is 0 Å². The van der Waals surface area contributed by atoms with Crippen molar-refractivity contribution in [2.24, 2.45) is 0 Å². The quantitative estimate of drug-likeness (QED) is 0.753. The Kier molecular flexibility index (Phi) is 5.85. The molecule has 74 valence electrons. The molecule has 3 heteroatoms. The maximum atomic E-state index is 11.8. The fraction of sp³-hybridized carbons (Fsp3) is 0.500. The van der Waals surface area contributed by atoms with Crippen LogP contribution in [0.25, 0.3) is 0 Å². The van der Waals surface area contributed by atoms with Gasteiger partial charge >= 0.3 is 0 Å². The van der Waals surface area contributed by atoms with E-state index < -0.39 is 6.67 Å². The number of nitrogens with one attached hydrogen (secondary N) is 1. The van der Waals surface area contributed by atoms with Gasteiger partial charge in [-0.1, -0.05) is 19.9 Å². The lowest BCUT2D eigenvalue weighted by molar-refractivity contribution is 0.494. The third kappa shape index (κ3) is 3.87. The molecule has 0 fully saturated rings. The molecule has 0 saturated heterocycles. The van der Waals surface area contributed by atoms with Crippen molar-refractivity contribution in [2.45, 2.75) is 27.2 Å². The van der Waals surface area contributed by atoms with Crippen molar-refractivity contribution in [3.05, 3.63) is 33.7 Å². The van der Waals surface area contributed by atoms with Gasteiger partial charge in [-0.15, -0.1) is 0 Å². The molecule has 1 aromatic heterocycles. The van der Waals surface area contributed by atoms with Crippen LogP contribution >= 0.6 is 0 Å². The molecule has 0 aliphatic heterocycles. The van der Waals surface area contributed by atoms with Crippen LogP contribution in [0.15, 0.2) is 16.9 Å². The molecular weight excluding hydrogens is 169 g/mol. The van der Waals surface area contributed by atoms with Crippen molar-refractivity contribution >= 4 is 0 Å². The third-order valence-corrected chi connectivity index (χ3v) is 1.50. The largest absolute Gasteiger partial charge is 0.326 e. The van der Waals surface area contributed by atoms with Gasteiger partial charge < -0.3 is 4.98 Å². The Morgan fingerprint density at radius 3 is 2.46 bits per heavy atom. The average molecular weight is 185 g/mol. The second-order valence-corrected chi connectivity index (χ2v) is 2.43. The number of halogens is 1. The van der Waals surface area contributed by atoms with Crippen molar-refractivity contribution in [1.82, 2.24) is 4.98 Å². The molecule has 0 saturated carbocycles. The highest BCUT2D eigenvalue weighted by Crippen LogP contribution is 1.94. The molecule has 0 aromatic carbocycles. The Balaban J connectivity index is 0.000000671. The lowest BCUT2D eigenvalue weighted by atomic mass is 10.2. The van der Waals surface area contributed by atoms with E-state index >= 15 is 0 Å². The molecule has 0 aliphatic carbocycles. The van der Waals surface area contributed by atoms with Crippen molar-refractivity contribution in [1.29, 1.82) is 0 Å². The highest BCUT2D eigenvalue weighted by atomic mass is 19.1. The van der Waals surface area contributed by atoms with E-state index in [9.17, 15) is 9.18 Å². The summed E-state index contributed by atoms with van der Waals surface area (Å²) >= 11 is 0. The van der Waals surface area contributed by atoms with Gasteiger partial charge in [0, 0.05) is 17.7 Å². The summed E-state index contributed by atoms with van der Waals surface area (Å²) in [6.45, 7) is 5.31. The summed E-state index contributed by atoms with van der Waals surface area (Å²) in [6.07, 6.45) is 0.204. The van der Waals surface area contributed by atoms with E-state index in [2.05, 4.69) is 4.98 Å². The molecule has 2 nitrogen and oxygen atoms in total. The number of alkyl halides is 1. The van der Waals surface area contributed by atoms with Crippen LogP contribution in [-0.4, -0.2) is 11.7 Å². The third-order valence-electron chi connectivity index (χ3n) is 1.50. The van der Waals surface area contributed by atoms with E-state index in [0.29, 0.717) is 5.56 Å². The van der Waals surface area contributed by atoms with Gasteiger partial charge in [-0.05, 0) is 13.0 Å². The highest BCUT2D eigenvalue weighted by Gasteiger charge is 1.97. The minimum Gasteiger partial charge on any atom is -0.326 e. The Labute approximate surface area is 77.8 Å². The summed E-state index contributed by atoms with van der Waals surface area (Å²) < 4.78 is 11.8. The van der Waals surface area contributed by atoms with Gasteiger partial charge in [0.05, 0.1) is 6.67 Å². The zero-order valence-corrected chi connectivity index (χ0v) is 8.36. The summed E-state index contributed by atoms with van der Waals surface area (Å²) in [5, 5.41) is 0. The Hall–Kier alpha value is -1.12. The highest BCUT2D eigenvalue weighted by molar-refractivity contribution is 5.13. The maximum absolute atomic E-state index is 11.8. The SMILES string of the molecule is CC.Cc1ccc(CCF)c(=O)[nH]1. The standard InChI is InChI=1S/C8H10FNO.C2H6/c1-6-2-3-7(4-5-9)8(11)10-6;1-2/h2-3H,4-5H2,1H3,(H,10,11);1-2H3. The van der Waals surface area contributed by atoms with E-state index in [1.165, 1.54) is 0 Å². The molecule has 0 bridgehead atoms. The number of hydrogen-bond donors (Lipinski definition) is 1. The fourth-order valence-electron chi connectivity index (χ4n) is 0.901. The summed E-state index contributed by atoms with van der Waals surface area (Å²) in [7, 11) is 0. The number of aromatic amines is 1. The molecule has 1 heterocycles. The first kappa shape index (κ1) is 11.9. The molecule has 13 heavy (non-hydrogen) atoms. The predicted molar refractivity (Wildman–Crippen MR) is 52.8 cm³/mol. The lowest BCUT2D eigenvalue weighted by Gasteiger charge is -1.96. The van der Waals surface area contributed by atoms with Crippen molar-refractivity contribution in [3.8, 4) is 0 Å². The van der Waals surface area contributed by atoms with E-state index in [0.717, 1.165) is 5.69 Å². The van der Waals surface area contributed by atoms with E-state index in [4.69, 9.17) is 0 Å². The van der Waals surface area contributed by atoms with Gasteiger partial charge in [-0.2, -0.15) is 0 Å². The summed E-state index contributed by atoms with van der Waals surface area (Å²) in [4.78, 5) is 13.6. The number of aromatic nitrogens is 1. The zero-order chi connectivity index (χ0) is 10.3. The first-order valence-electron chi connectivity index (χ1n) is 4.49. The summed E-state index contributed by atoms with van der Waals surface area (Å²) in [5.74, 6) is 0. The van der Waals surface area contributed by atoms with Crippen LogP contribution in [0.3, 0.4) is 0 Å². The minimum atomic E-state index is -0.480. The first-order chi connectivity index (χ1) is 6.24. The maximum Gasteiger partial charge on any atom is 0.251 e. The number of H-pyrrole nitrogens is 1. The number of hydrogen-bond acceptors (Lipinski definition) is 1. The zero-order valence-electron chi connectivity index (χ0n) is 8.36. The minimum absolute atomic E-state index is 0.178. The van der Waals surface area contributed by atoms with Crippen LogP contribution < -0.4 is 5.56 Å². The second-order valence-electron chi connectivity index (χ2n) is 2.43. The molecule has 0 spiro atoms. The molecule has 1 aromatic rings. The molecule has 0 atom stereocenters. The van der Waals surface area contributed by atoms with Gasteiger partial charge in [0.2, 0.25) is 0 Å². The van der Waals surface area contributed by atoms with Crippen LogP contribution in [0.4, 0.5) is 4.39 Å². The summed E-state index contributed by atoms with van der Waals surface area (Å²) in [6, 6.07) is 3.43. The topological polar surface area (TPSA) is 32.9 Å². The van der Waals surface area contributed by atoms with Crippen LogP contribution in [0.1, 0.15) is 25.1 Å². The van der Waals surface area contributed by atoms with Crippen LogP contribution in [0.2, 0.25) is 0 Å². The van der Waals surface area contributed by atoms with Crippen LogP contribution in [0, 0.1) is 6.92 Å². The summed E-state index contributed by atoms with van der Waals surface area (Å²) in [5.41, 5.74) is 1.14. The van der Waals surface area contributed by atoms with E-state index in [-0.39, 0.29) is 12.0 Å². The Bertz CT molecular complexity index is 293. The molecule has 1 N–H and O–H groups in total. The van der Waals surface area contributed by atoms with Gasteiger partial charge in [-0.3, -0.25) is 9.18 Å². The normalized spacial score (nSPS) is 8.92. The first-order valence-corrected chi connectivity index (χ1v) is 4.49. The molecule has 0 unspecified atom stereocenters. The van der Waals surface area contributed by atoms with Gasteiger partial charge in [0.1, 0.15) is 0 Å². The van der Waals surface area contributed by atoms with E-state index in [1.807, 2.05) is 13.8 Å². The number of rotatable bonds is 2. The molecule has 1 rings (SSSR count). The second kappa shape index (κ2) is 6.40. The smallest absolute Gasteiger partial charge is 0.251 e. The number of pyridine rings is 1. The predicted octanol–water partition coefficient (Wildman–Crippen LogP) is 2.22. The van der Waals surface area contributed by atoms with Gasteiger partial charge in [0.15, 0.2) is 0 Å². The number of aryl methyl sites for hydroxylation is 2. The van der Waals surface area contributed by atoms with Gasteiger partial charge in [0.25, 0.3) is 5.56 Å². The Morgan fingerprint density at radius 1 is 1.38 bits per heavy atom. The lowest BCUT2D eigenvalue weighted by Crippen LogP contribution is -2.13. The fourth-order valence-corrected chi connectivity index (χ4v) is 0.901. The van der Waals surface area contributed by atoms with E-state index in [1.54, 1.807) is 19.1 Å². The monoisotopic (exact) mass is 185 g/mol. The Morgan fingerprint density at radius 2 is 2.00 bits per heavy atom. The average Bonchev–Trinajstić information content (AvgIpc) is 2.14. The molecule has 0 amide bonds. The van der Waals surface area contributed by atoms with Gasteiger partial charge in [-0.25, -0.2) is 0 Å². The van der Waals surface area contributed by atoms with Crippen LogP contribution in [0.5, 0.6) is 0 Å². The molecule has 0 aliphatic rings. The van der Waals surface area contributed by atoms with Crippen LogP contribution in [-0.2, 0) is 6.42 Å². The molecule has 0 radical (unpaired) electrons. The van der Waals surface area contributed by atoms with Crippen molar-refractivity contribution < 1.29 is 4.39 Å².